The maximum atomic E-state index is 10.9. The zero-order valence-corrected chi connectivity index (χ0v) is 9.84. The molecule has 0 aliphatic rings. The molecule has 5 nitrogen and oxygen atoms in total. The molecular weight excluding hydrogens is 224 g/mol. The number of rotatable bonds is 3. The zero-order chi connectivity index (χ0) is 11.5. The molecule has 2 N–H and O–H groups in total. The van der Waals surface area contributed by atoms with Crippen LogP contribution in [0.25, 0.3) is 11.4 Å². The number of aromatic amines is 1. The van der Waals surface area contributed by atoms with Crippen molar-refractivity contribution in [3.05, 3.63) is 27.9 Å². The van der Waals surface area contributed by atoms with E-state index in [-0.39, 0.29) is 5.56 Å². The summed E-state index contributed by atoms with van der Waals surface area (Å²) in [7, 11) is 0. The van der Waals surface area contributed by atoms with Crippen LogP contribution in [-0.4, -0.2) is 21.2 Å². The van der Waals surface area contributed by atoms with Crippen molar-refractivity contribution in [2.75, 3.05) is 5.32 Å². The Morgan fingerprint density at radius 1 is 1.38 bits per heavy atom. The topological polar surface area (TPSA) is 70.7 Å². The fourth-order valence-electron chi connectivity index (χ4n) is 1.19. The van der Waals surface area contributed by atoms with Crippen LogP contribution >= 0.6 is 11.3 Å². The average molecular weight is 236 g/mol. The Bertz CT molecular complexity index is 511. The van der Waals surface area contributed by atoms with E-state index in [1.54, 1.807) is 6.07 Å². The van der Waals surface area contributed by atoms with E-state index in [0.717, 1.165) is 10.8 Å². The number of aromatic nitrogens is 3. The first kappa shape index (κ1) is 10.8. The second-order valence-corrected chi connectivity index (χ2v) is 4.50. The molecule has 0 saturated heterocycles. The van der Waals surface area contributed by atoms with Gasteiger partial charge in [-0.25, -0.2) is 10.1 Å². The van der Waals surface area contributed by atoms with Gasteiger partial charge in [-0.15, -0.1) is 11.3 Å². The summed E-state index contributed by atoms with van der Waals surface area (Å²) in [6, 6.07) is 3.45. The summed E-state index contributed by atoms with van der Waals surface area (Å²) < 4.78 is 0. The van der Waals surface area contributed by atoms with Gasteiger partial charge in [0.05, 0.1) is 0 Å². The molecule has 0 aliphatic heterocycles. The van der Waals surface area contributed by atoms with E-state index < -0.39 is 0 Å². The van der Waals surface area contributed by atoms with Gasteiger partial charge in [0.25, 0.3) is 5.56 Å². The lowest BCUT2D eigenvalue weighted by Gasteiger charge is -2.04. The van der Waals surface area contributed by atoms with Gasteiger partial charge < -0.3 is 5.32 Å². The fraction of sp³-hybridized carbons (Fsp3) is 0.300. The molecule has 0 unspecified atom stereocenters. The van der Waals surface area contributed by atoms with Crippen LogP contribution in [0.5, 0.6) is 0 Å². The summed E-state index contributed by atoms with van der Waals surface area (Å²) in [6.07, 6.45) is 0. The highest BCUT2D eigenvalue weighted by atomic mass is 32.1. The molecule has 16 heavy (non-hydrogen) atoms. The number of hydrogen-bond donors (Lipinski definition) is 2. The summed E-state index contributed by atoms with van der Waals surface area (Å²) in [4.78, 5) is 15.2. The van der Waals surface area contributed by atoms with Crippen molar-refractivity contribution in [3.63, 3.8) is 0 Å². The highest BCUT2D eigenvalue weighted by Gasteiger charge is 2.06. The Kier molecular flexibility index (Phi) is 3.00. The van der Waals surface area contributed by atoms with Crippen LogP contribution < -0.4 is 10.9 Å². The van der Waals surface area contributed by atoms with E-state index >= 15 is 0 Å². The van der Waals surface area contributed by atoms with Crippen molar-refractivity contribution < 1.29 is 0 Å². The molecule has 0 saturated carbocycles. The predicted octanol–water partition coefficient (Wildman–Crippen LogP) is 1.71. The molecule has 0 spiro atoms. The Hall–Kier alpha value is -1.69. The van der Waals surface area contributed by atoms with Gasteiger partial charge in [0, 0.05) is 17.5 Å². The maximum absolute atomic E-state index is 10.9. The Morgan fingerprint density at radius 2 is 2.19 bits per heavy atom. The number of thiazole rings is 1. The van der Waals surface area contributed by atoms with Gasteiger partial charge in [0.1, 0.15) is 11.4 Å². The second kappa shape index (κ2) is 4.44. The molecule has 0 amide bonds. The summed E-state index contributed by atoms with van der Waals surface area (Å²) in [5.41, 5.74) is 1.23. The van der Waals surface area contributed by atoms with Crippen LogP contribution in [0.4, 0.5) is 5.13 Å². The van der Waals surface area contributed by atoms with Crippen molar-refractivity contribution in [1.29, 1.82) is 0 Å². The number of anilines is 1. The Morgan fingerprint density at radius 3 is 2.81 bits per heavy atom. The van der Waals surface area contributed by atoms with E-state index in [1.165, 1.54) is 17.4 Å². The van der Waals surface area contributed by atoms with Crippen molar-refractivity contribution >= 4 is 16.5 Å². The minimum atomic E-state index is -0.209. The lowest BCUT2D eigenvalue weighted by molar-refractivity contribution is 0.896. The van der Waals surface area contributed by atoms with Crippen LogP contribution in [0.3, 0.4) is 0 Å². The monoisotopic (exact) mass is 236 g/mol. The number of H-pyrrole nitrogens is 1. The van der Waals surface area contributed by atoms with E-state index in [4.69, 9.17) is 0 Å². The van der Waals surface area contributed by atoms with Crippen LogP contribution in [0.2, 0.25) is 0 Å². The van der Waals surface area contributed by atoms with Crippen LogP contribution in [-0.2, 0) is 0 Å². The van der Waals surface area contributed by atoms with Crippen molar-refractivity contribution in [2.45, 2.75) is 19.9 Å². The molecule has 2 rings (SSSR count). The molecular formula is C10H12N4OS. The highest BCUT2D eigenvalue weighted by molar-refractivity contribution is 7.14. The van der Waals surface area contributed by atoms with Crippen molar-refractivity contribution in [1.82, 2.24) is 15.2 Å². The van der Waals surface area contributed by atoms with E-state index in [0.29, 0.717) is 11.7 Å². The first-order chi connectivity index (χ1) is 7.65. The maximum Gasteiger partial charge on any atom is 0.264 e. The van der Waals surface area contributed by atoms with Gasteiger partial charge in [-0.1, -0.05) is 0 Å². The van der Waals surface area contributed by atoms with Crippen molar-refractivity contribution in [3.8, 4) is 11.4 Å². The highest BCUT2D eigenvalue weighted by Crippen LogP contribution is 2.22. The van der Waals surface area contributed by atoms with Crippen molar-refractivity contribution in [2.24, 2.45) is 0 Å². The molecule has 2 aromatic heterocycles. The SMILES string of the molecule is CC(C)Nc1nc(-c2ccc(=O)[nH]n2)cs1. The first-order valence-electron chi connectivity index (χ1n) is 4.93. The molecule has 0 aromatic carbocycles. The van der Waals surface area contributed by atoms with Crippen LogP contribution in [0.15, 0.2) is 22.3 Å². The quantitative estimate of drug-likeness (QED) is 0.851. The summed E-state index contributed by atoms with van der Waals surface area (Å²) >= 11 is 1.52. The Balaban J connectivity index is 2.24. The molecule has 0 atom stereocenters. The molecule has 6 heteroatoms. The third-order valence-corrected chi connectivity index (χ3v) is 2.63. The average Bonchev–Trinajstić information content (AvgIpc) is 2.66. The number of hydrogen-bond acceptors (Lipinski definition) is 5. The molecule has 2 aromatic rings. The molecule has 0 aliphatic carbocycles. The first-order valence-corrected chi connectivity index (χ1v) is 5.81. The van der Waals surface area contributed by atoms with E-state index in [9.17, 15) is 4.79 Å². The zero-order valence-electron chi connectivity index (χ0n) is 9.02. The van der Waals surface area contributed by atoms with Gasteiger partial charge in [-0.05, 0) is 19.9 Å². The largest absolute Gasteiger partial charge is 0.359 e. The Labute approximate surface area is 96.6 Å². The third-order valence-electron chi connectivity index (χ3n) is 1.86. The predicted molar refractivity (Wildman–Crippen MR) is 64.7 cm³/mol. The van der Waals surface area contributed by atoms with Gasteiger partial charge in [-0.3, -0.25) is 4.79 Å². The number of nitrogens with zero attached hydrogens (tertiary/aromatic N) is 2. The van der Waals surface area contributed by atoms with Crippen LogP contribution in [0, 0.1) is 0 Å². The molecule has 0 radical (unpaired) electrons. The molecule has 2 heterocycles. The minimum Gasteiger partial charge on any atom is -0.359 e. The summed E-state index contributed by atoms with van der Waals surface area (Å²) in [5.74, 6) is 0. The van der Waals surface area contributed by atoms with E-state index in [2.05, 4.69) is 34.3 Å². The normalized spacial score (nSPS) is 10.7. The number of nitrogens with one attached hydrogen (secondary N) is 2. The third kappa shape index (κ3) is 2.46. The molecule has 84 valence electrons. The standard InChI is InChI=1S/C10H12N4OS/c1-6(2)11-10-12-8(5-16-10)7-3-4-9(15)14-13-7/h3-6H,1-2H3,(H,11,12)(H,14,15). The fourth-order valence-corrected chi connectivity index (χ4v) is 2.04. The molecule has 0 fully saturated rings. The summed E-state index contributed by atoms with van der Waals surface area (Å²) in [6.45, 7) is 4.11. The van der Waals surface area contributed by atoms with Crippen LogP contribution in [0.1, 0.15) is 13.8 Å². The van der Waals surface area contributed by atoms with Gasteiger partial charge in [0.15, 0.2) is 5.13 Å². The lowest BCUT2D eigenvalue weighted by atomic mass is 10.3. The minimum absolute atomic E-state index is 0.209. The van der Waals surface area contributed by atoms with Gasteiger partial charge >= 0.3 is 0 Å². The lowest BCUT2D eigenvalue weighted by Crippen LogP contribution is -2.09. The summed E-state index contributed by atoms with van der Waals surface area (Å²) in [5, 5.41) is 12.3. The smallest absolute Gasteiger partial charge is 0.264 e. The van der Waals surface area contributed by atoms with Gasteiger partial charge in [-0.2, -0.15) is 5.10 Å². The second-order valence-electron chi connectivity index (χ2n) is 3.64. The molecule has 0 bridgehead atoms. The van der Waals surface area contributed by atoms with Gasteiger partial charge in [0.2, 0.25) is 0 Å². The van der Waals surface area contributed by atoms with E-state index in [1.807, 2.05) is 5.38 Å².